The number of hydrogen-bond acceptors (Lipinski definition) is 7. The molecule has 1 N–H and O–H groups in total. The van der Waals surface area contributed by atoms with Crippen LogP contribution in [0, 0.1) is 5.21 Å². The first-order chi connectivity index (χ1) is 22.4. The normalized spacial score (nSPS) is 22.6. The van der Waals surface area contributed by atoms with E-state index in [9.17, 15) is 14.8 Å². The highest BCUT2D eigenvalue weighted by atomic mass is 16.6. The first-order valence-corrected chi connectivity index (χ1v) is 15.9. The minimum Gasteiger partial charge on any atom is -0.628 e. The number of carbonyl (C=O) groups is 2. The topological polar surface area (TPSA) is 110 Å². The van der Waals surface area contributed by atoms with Crippen LogP contribution in [0.5, 0.6) is 0 Å². The molecule has 3 aliphatic heterocycles. The summed E-state index contributed by atoms with van der Waals surface area (Å²) in [5, 5.41) is 19.7. The van der Waals surface area contributed by atoms with E-state index in [4.69, 9.17) is 14.2 Å². The van der Waals surface area contributed by atoms with E-state index in [0.29, 0.717) is 25.1 Å². The quantitative estimate of drug-likeness (QED) is 0.178. The SMILES string of the molecule is CC[N+]([O-])(/C=C/COC(=O)N1Cc2c(c3c4ccccc4n4c3c3c2c2ccccc2n3[C@H]2O[C@@H]4C[C@@H](NC)[C@H]2OC)C1=O)CC. The van der Waals surface area contributed by atoms with Gasteiger partial charge in [-0.15, -0.1) is 0 Å². The largest absolute Gasteiger partial charge is 0.628 e. The minimum absolute atomic E-state index is 0.0171. The van der Waals surface area contributed by atoms with Gasteiger partial charge in [0.2, 0.25) is 0 Å². The molecule has 8 rings (SSSR count). The molecule has 2 aromatic heterocycles. The number of quaternary nitrogens is 1. The molecule has 1 fully saturated rings. The van der Waals surface area contributed by atoms with E-state index in [1.165, 1.54) is 11.1 Å². The van der Waals surface area contributed by atoms with Crippen molar-refractivity contribution < 1.29 is 28.4 Å². The molecule has 0 saturated carbocycles. The lowest BCUT2D eigenvalue weighted by Gasteiger charge is -2.41. The maximum Gasteiger partial charge on any atom is 0.417 e. The second-order valence-corrected chi connectivity index (χ2v) is 12.3. The zero-order valence-electron chi connectivity index (χ0n) is 26.4. The third-order valence-electron chi connectivity index (χ3n) is 10.3. The number of nitrogens with one attached hydrogen (secondary N) is 1. The molecule has 2 bridgehead atoms. The molecule has 5 aromatic rings. The lowest BCUT2D eigenvalue weighted by atomic mass is 9.97. The smallest absolute Gasteiger partial charge is 0.417 e. The summed E-state index contributed by atoms with van der Waals surface area (Å²) in [6, 6.07) is 16.3. The number of imide groups is 1. The van der Waals surface area contributed by atoms with Gasteiger partial charge in [0.15, 0.2) is 6.23 Å². The number of benzene rings is 3. The zero-order chi connectivity index (χ0) is 31.9. The lowest BCUT2D eigenvalue weighted by Crippen LogP contribution is -2.50. The van der Waals surface area contributed by atoms with Crippen LogP contribution in [0.15, 0.2) is 60.8 Å². The van der Waals surface area contributed by atoms with Crippen molar-refractivity contribution in [1.29, 1.82) is 0 Å². The number of para-hydroxylation sites is 2. The fraction of sp³-hybridized carbons (Fsp3) is 0.371. The van der Waals surface area contributed by atoms with E-state index < -0.39 is 22.9 Å². The molecule has 0 radical (unpaired) electrons. The Balaban J connectivity index is 1.36. The number of aromatic nitrogens is 2. The predicted molar refractivity (Wildman–Crippen MR) is 175 cm³/mol. The highest BCUT2D eigenvalue weighted by molar-refractivity contribution is 6.31. The molecule has 46 heavy (non-hydrogen) atoms. The van der Waals surface area contributed by atoms with E-state index in [0.717, 1.165) is 49.2 Å². The van der Waals surface area contributed by atoms with Crippen LogP contribution in [0.1, 0.15) is 48.6 Å². The summed E-state index contributed by atoms with van der Waals surface area (Å²) in [6.45, 7) is 4.36. The molecule has 2 amide bonds. The monoisotopic (exact) mass is 623 g/mol. The molecule has 3 aromatic carbocycles. The summed E-state index contributed by atoms with van der Waals surface area (Å²) in [6.07, 6.45) is 1.95. The van der Waals surface area contributed by atoms with Crippen LogP contribution in [0.2, 0.25) is 0 Å². The summed E-state index contributed by atoms with van der Waals surface area (Å²) < 4.78 is 22.6. The number of likely N-dealkylation sites (N-methyl/N-ethyl adjacent to an activating group) is 1. The van der Waals surface area contributed by atoms with Gasteiger partial charge in [0.25, 0.3) is 5.91 Å². The first kappa shape index (κ1) is 29.2. The van der Waals surface area contributed by atoms with Crippen LogP contribution in [0.25, 0.3) is 43.6 Å². The van der Waals surface area contributed by atoms with E-state index in [-0.39, 0.29) is 31.5 Å². The van der Waals surface area contributed by atoms with Crippen molar-refractivity contribution >= 4 is 55.6 Å². The van der Waals surface area contributed by atoms with Crippen molar-refractivity contribution in [2.45, 2.75) is 51.4 Å². The second kappa shape index (κ2) is 10.6. The fourth-order valence-corrected chi connectivity index (χ4v) is 7.94. The Morgan fingerprint density at radius 2 is 1.70 bits per heavy atom. The van der Waals surface area contributed by atoms with Gasteiger partial charge in [-0.3, -0.25) is 4.79 Å². The van der Waals surface area contributed by atoms with Gasteiger partial charge in [0, 0.05) is 47.2 Å². The fourth-order valence-electron chi connectivity index (χ4n) is 7.94. The predicted octanol–water partition coefficient (Wildman–Crippen LogP) is 5.90. The molecular formula is C35H37N5O6. The number of carbonyl (C=O) groups excluding carboxylic acids is 2. The highest BCUT2D eigenvalue weighted by Crippen LogP contribution is 2.52. The van der Waals surface area contributed by atoms with Gasteiger partial charge in [-0.05, 0) is 38.6 Å². The van der Waals surface area contributed by atoms with Gasteiger partial charge in [-0.25, -0.2) is 9.69 Å². The van der Waals surface area contributed by atoms with Gasteiger partial charge >= 0.3 is 6.09 Å². The van der Waals surface area contributed by atoms with Crippen molar-refractivity contribution in [3.05, 3.63) is 77.1 Å². The Kier molecular flexibility index (Phi) is 6.75. The average Bonchev–Trinajstić information content (AvgIpc) is 3.70. The summed E-state index contributed by atoms with van der Waals surface area (Å²) in [5.41, 5.74) is 5.13. The molecule has 11 heteroatoms. The van der Waals surface area contributed by atoms with Crippen LogP contribution in [0.3, 0.4) is 0 Å². The molecule has 4 atom stereocenters. The number of rotatable bonds is 7. The van der Waals surface area contributed by atoms with Crippen molar-refractivity contribution in [2.75, 3.05) is 33.9 Å². The summed E-state index contributed by atoms with van der Waals surface area (Å²) in [4.78, 5) is 29.1. The van der Waals surface area contributed by atoms with Gasteiger partial charge in [-0.1, -0.05) is 36.4 Å². The zero-order valence-corrected chi connectivity index (χ0v) is 26.4. The standard InChI is InChI=1S/C35H37N5O6/c1-5-40(43,6-2)16-11-17-45-35(42)37-19-22-27-20-12-7-10-15-25(20)39-30(27)31-28(29(22)33(37)41)21-13-8-9-14-24(21)38(31)26-18-23(36-3)32(44-4)34(39)46-26/h7-16,23,26,32,34,36H,5-6,17-19H2,1-4H3/b16-11+/t23-,26-,32-,34+/m1/s1. The number of fused-ring (bicyclic) bond motifs is 13. The Morgan fingerprint density at radius 3 is 2.37 bits per heavy atom. The van der Waals surface area contributed by atoms with Crippen molar-refractivity contribution in [3.8, 4) is 0 Å². The molecule has 3 aliphatic rings. The number of hydrogen-bond donors (Lipinski definition) is 1. The maximum atomic E-state index is 14.4. The number of methoxy groups -OCH3 is 1. The highest BCUT2D eigenvalue weighted by Gasteiger charge is 2.47. The number of amides is 2. The molecule has 11 nitrogen and oxygen atoms in total. The maximum absolute atomic E-state index is 14.4. The Bertz CT molecular complexity index is 2090. The molecule has 1 saturated heterocycles. The Labute approximate surface area is 265 Å². The molecule has 0 aliphatic carbocycles. The van der Waals surface area contributed by atoms with E-state index >= 15 is 0 Å². The third kappa shape index (κ3) is 3.90. The summed E-state index contributed by atoms with van der Waals surface area (Å²) >= 11 is 0. The summed E-state index contributed by atoms with van der Waals surface area (Å²) in [7, 11) is 3.67. The average molecular weight is 624 g/mol. The van der Waals surface area contributed by atoms with Crippen LogP contribution in [-0.4, -0.2) is 76.7 Å². The van der Waals surface area contributed by atoms with Gasteiger partial charge < -0.3 is 38.5 Å². The van der Waals surface area contributed by atoms with Gasteiger partial charge in [-0.2, -0.15) is 0 Å². The van der Waals surface area contributed by atoms with Crippen LogP contribution in [-0.2, 0) is 20.8 Å². The summed E-state index contributed by atoms with van der Waals surface area (Å²) in [5.74, 6) is -0.391. The van der Waals surface area contributed by atoms with E-state index in [2.05, 4.69) is 32.7 Å². The van der Waals surface area contributed by atoms with Crippen molar-refractivity contribution in [2.24, 2.45) is 0 Å². The number of ether oxygens (including phenoxy) is 3. The third-order valence-corrected chi connectivity index (χ3v) is 10.3. The van der Waals surface area contributed by atoms with E-state index in [1.54, 1.807) is 13.2 Å². The van der Waals surface area contributed by atoms with Crippen molar-refractivity contribution in [1.82, 2.24) is 19.4 Å². The Hall–Kier alpha value is -4.26. The Morgan fingerprint density at radius 1 is 1.04 bits per heavy atom. The number of nitrogens with zero attached hydrogens (tertiary/aromatic N) is 4. The van der Waals surface area contributed by atoms with Crippen LogP contribution in [0.4, 0.5) is 4.79 Å². The van der Waals surface area contributed by atoms with E-state index in [1.807, 2.05) is 51.2 Å². The molecule has 238 valence electrons. The molecule has 0 unspecified atom stereocenters. The first-order valence-electron chi connectivity index (χ1n) is 15.9. The van der Waals surface area contributed by atoms with Crippen molar-refractivity contribution in [3.63, 3.8) is 0 Å². The molecule has 0 spiro atoms. The van der Waals surface area contributed by atoms with Gasteiger partial charge in [0.05, 0.1) is 53.5 Å². The molecule has 5 heterocycles. The number of hydroxylamine groups is 3. The van der Waals surface area contributed by atoms with Crippen LogP contribution < -0.4 is 5.32 Å². The second-order valence-electron chi connectivity index (χ2n) is 12.3. The van der Waals surface area contributed by atoms with Crippen LogP contribution >= 0.6 is 0 Å². The lowest BCUT2D eigenvalue weighted by molar-refractivity contribution is -0.825. The van der Waals surface area contributed by atoms with Gasteiger partial charge in [0.1, 0.15) is 18.9 Å². The molecular weight excluding hydrogens is 586 g/mol. The minimum atomic E-state index is -0.736.